The Balaban J connectivity index is 1.69. The van der Waals surface area contributed by atoms with E-state index in [2.05, 4.69) is 50.5 Å². The maximum atomic E-state index is 12.4. The third-order valence-corrected chi connectivity index (χ3v) is 4.89. The number of carbonyl (C=O) groups excluding carboxylic acids is 1. The molecule has 1 heterocycles. The van der Waals surface area contributed by atoms with Gasteiger partial charge in [-0.15, -0.1) is 0 Å². The number of halogens is 1. The fraction of sp³-hybridized carbons (Fsp3) is 0.611. The van der Waals surface area contributed by atoms with Gasteiger partial charge in [-0.25, -0.2) is 0 Å². The molecule has 1 aliphatic rings. The number of hydrogen-bond acceptors (Lipinski definition) is 3. The third kappa shape index (κ3) is 6.61. The zero-order chi connectivity index (χ0) is 16.5. The summed E-state index contributed by atoms with van der Waals surface area (Å²) < 4.78 is 1.07. The van der Waals surface area contributed by atoms with Crippen LogP contribution in [0.25, 0.3) is 0 Å². The van der Waals surface area contributed by atoms with E-state index in [0.717, 1.165) is 63.0 Å². The normalized spacial score (nSPS) is 17.0. The second-order valence-electron chi connectivity index (χ2n) is 6.18. The Morgan fingerprint density at radius 2 is 2.17 bits per heavy atom. The molecule has 1 atom stereocenters. The fourth-order valence-corrected chi connectivity index (χ4v) is 3.41. The minimum atomic E-state index is 0.0588. The summed E-state index contributed by atoms with van der Waals surface area (Å²) in [5.41, 5.74) is 1.21. The lowest BCUT2D eigenvalue weighted by Crippen LogP contribution is -2.44. The van der Waals surface area contributed by atoms with Crippen LogP contribution in [0.5, 0.6) is 0 Å². The summed E-state index contributed by atoms with van der Waals surface area (Å²) >= 11 is 3.49. The van der Waals surface area contributed by atoms with Crippen molar-refractivity contribution in [3.8, 4) is 0 Å². The molecular weight excluding hydrogens is 354 g/mol. The van der Waals surface area contributed by atoms with Gasteiger partial charge < -0.3 is 15.5 Å². The second kappa shape index (κ2) is 10.1. The lowest BCUT2D eigenvalue weighted by Gasteiger charge is -2.27. The van der Waals surface area contributed by atoms with Crippen LogP contribution in [0.4, 0.5) is 0 Å². The molecule has 1 unspecified atom stereocenters. The first-order chi connectivity index (χ1) is 11.2. The molecule has 1 aliphatic heterocycles. The fourth-order valence-electron chi connectivity index (χ4n) is 2.96. The largest absolute Gasteiger partial charge is 0.356 e. The Hall–Kier alpha value is -0.910. The highest BCUT2D eigenvalue weighted by atomic mass is 79.9. The highest BCUT2D eigenvalue weighted by molar-refractivity contribution is 9.10. The molecule has 0 radical (unpaired) electrons. The van der Waals surface area contributed by atoms with Crippen molar-refractivity contribution in [3.05, 3.63) is 34.3 Å². The van der Waals surface area contributed by atoms with Gasteiger partial charge in [-0.2, -0.15) is 0 Å². The molecule has 0 bridgehead atoms. The quantitative estimate of drug-likeness (QED) is 0.679. The summed E-state index contributed by atoms with van der Waals surface area (Å²) in [6, 6.07) is 8.23. The predicted octanol–water partition coefficient (Wildman–Crippen LogP) is 2.43. The zero-order valence-electron chi connectivity index (χ0n) is 14.0. The molecule has 2 N–H and O–H groups in total. The van der Waals surface area contributed by atoms with Gasteiger partial charge in [0.2, 0.25) is 5.91 Å². The van der Waals surface area contributed by atoms with E-state index in [1.165, 1.54) is 5.56 Å². The third-order valence-electron chi connectivity index (χ3n) is 4.39. The monoisotopic (exact) mass is 381 g/mol. The minimum Gasteiger partial charge on any atom is -0.356 e. The van der Waals surface area contributed by atoms with Gasteiger partial charge in [-0.05, 0) is 43.5 Å². The van der Waals surface area contributed by atoms with Gasteiger partial charge >= 0.3 is 0 Å². The minimum absolute atomic E-state index is 0.0588. The molecule has 2 rings (SSSR count). The van der Waals surface area contributed by atoms with Crippen LogP contribution in [0.1, 0.15) is 25.3 Å². The van der Waals surface area contributed by atoms with Gasteiger partial charge in [0.05, 0.1) is 0 Å². The van der Waals surface area contributed by atoms with Crippen molar-refractivity contribution in [2.75, 3.05) is 39.3 Å². The summed E-state index contributed by atoms with van der Waals surface area (Å²) in [4.78, 5) is 14.8. The van der Waals surface area contributed by atoms with Gasteiger partial charge in [0, 0.05) is 43.1 Å². The number of piperazine rings is 1. The van der Waals surface area contributed by atoms with E-state index in [1.807, 2.05) is 12.1 Å². The maximum Gasteiger partial charge on any atom is 0.223 e. The predicted molar refractivity (Wildman–Crippen MR) is 98.6 cm³/mol. The van der Waals surface area contributed by atoms with Gasteiger partial charge in [0.1, 0.15) is 0 Å². The smallest absolute Gasteiger partial charge is 0.223 e. The lowest BCUT2D eigenvalue weighted by molar-refractivity contribution is -0.125. The van der Waals surface area contributed by atoms with Crippen LogP contribution in [0.3, 0.4) is 0 Å². The molecule has 23 heavy (non-hydrogen) atoms. The Morgan fingerprint density at radius 3 is 2.87 bits per heavy atom. The summed E-state index contributed by atoms with van der Waals surface area (Å²) in [5, 5.41) is 6.47. The van der Waals surface area contributed by atoms with Crippen LogP contribution in [0, 0.1) is 5.92 Å². The maximum absolute atomic E-state index is 12.4. The topological polar surface area (TPSA) is 44.4 Å². The Kier molecular flexibility index (Phi) is 8.06. The molecule has 1 fully saturated rings. The SMILES string of the molecule is CCC(Cc1cccc(Br)c1)C(=O)NCCCN1CCNCC1. The first kappa shape index (κ1) is 18.4. The van der Waals surface area contributed by atoms with Gasteiger partial charge in [-0.1, -0.05) is 35.0 Å². The molecule has 1 aromatic rings. The van der Waals surface area contributed by atoms with Crippen molar-refractivity contribution in [3.63, 3.8) is 0 Å². The molecule has 4 nitrogen and oxygen atoms in total. The van der Waals surface area contributed by atoms with Gasteiger partial charge in [0.15, 0.2) is 0 Å². The molecule has 0 saturated carbocycles. The summed E-state index contributed by atoms with van der Waals surface area (Å²) in [6.07, 6.45) is 2.70. The summed E-state index contributed by atoms with van der Waals surface area (Å²) in [7, 11) is 0. The molecule has 0 spiro atoms. The van der Waals surface area contributed by atoms with E-state index in [4.69, 9.17) is 0 Å². The van der Waals surface area contributed by atoms with Crippen LogP contribution >= 0.6 is 15.9 Å². The first-order valence-corrected chi connectivity index (χ1v) is 9.43. The lowest BCUT2D eigenvalue weighted by atomic mass is 9.96. The number of carbonyl (C=O) groups is 1. The number of nitrogens with one attached hydrogen (secondary N) is 2. The Labute approximate surface area is 148 Å². The van der Waals surface area contributed by atoms with Crippen LogP contribution < -0.4 is 10.6 Å². The Bertz CT molecular complexity index is 489. The summed E-state index contributed by atoms with van der Waals surface area (Å²) in [6.45, 7) is 8.34. The molecule has 0 aromatic heterocycles. The van der Waals surface area contributed by atoms with Crippen molar-refractivity contribution < 1.29 is 4.79 Å². The van der Waals surface area contributed by atoms with Crippen molar-refractivity contribution in [2.45, 2.75) is 26.2 Å². The molecular formula is C18H28BrN3O. The standard InChI is InChI=1S/C18H28BrN3O/c1-2-16(13-15-5-3-6-17(19)14-15)18(23)21-7-4-10-22-11-8-20-9-12-22/h3,5-6,14,16,20H,2,4,7-13H2,1H3,(H,21,23). The average Bonchev–Trinajstić information content (AvgIpc) is 2.57. The van der Waals surface area contributed by atoms with E-state index < -0.39 is 0 Å². The van der Waals surface area contributed by atoms with E-state index in [9.17, 15) is 4.79 Å². The van der Waals surface area contributed by atoms with Crippen LogP contribution in [-0.4, -0.2) is 50.1 Å². The van der Waals surface area contributed by atoms with Crippen molar-refractivity contribution in [1.29, 1.82) is 0 Å². The molecule has 5 heteroatoms. The molecule has 1 amide bonds. The van der Waals surface area contributed by atoms with Crippen LogP contribution in [0.15, 0.2) is 28.7 Å². The zero-order valence-corrected chi connectivity index (χ0v) is 15.6. The average molecular weight is 382 g/mol. The number of nitrogens with zero attached hydrogens (tertiary/aromatic N) is 1. The number of amides is 1. The van der Waals surface area contributed by atoms with E-state index in [0.29, 0.717) is 0 Å². The van der Waals surface area contributed by atoms with E-state index >= 15 is 0 Å². The molecule has 1 aromatic carbocycles. The van der Waals surface area contributed by atoms with E-state index in [1.54, 1.807) is 0 Å². The van der Waals surface area contributed by atoms with Crippen LogP contribution in [-0.2, 0) is 11.2 Å². The number of rotatable bonds is 8. The molecule has 0 aliphatic carbocycles. The van der Waals surface area contributed by atoms with E-state index in [-0.39, 0.29) is 11.8 Å². The van der Waals surface area contributed by atoms with Crippen LogP contribution in [0.2, 0.25) is 0 Å². The first-order valence-electron chi connectivity index (χ1n) is 8.64. The second-order valence-corrected chi connectivity index (χ2v) is 7.09. The number of benzene rings is 1. The van der Waals surface area contributed by atoms with Crippen molar-refractivity contribution in [2.24, 2.45) is 5.92 Å². The highest BCUT2D eigenvalue weighted by Crippen LogP contribution is 2.17. The van der Waals surface area contributed by atoms with Crippen molar-refractivity contribution in [1.82, 2.24) is 15.5 Å². The van der Waals surface area contributed by atoms with Gasteiger partial charge in [-0.3, -0.25) is 4.79 Å². The summed E-state index contributed by atoms with van der Waals surface area (Å²) in [5.74, 6) is 0.247. The number of hydrogen-bond donors (Lipinski definition) is 2. The van der Waals surface area contributed by atoms with Crippen molar-refractivity contribution >= 4 is 21.8 Å². The van der Waals surface area contributed by atoms with Gasteiger partial charge in [0.25, 0.3) is 0 Å². The highest BCUT2D eigenvalue weighted by Gasteiger charge is 2.17. The molecule has 1 saturated heterocycles. The molecule has 128 valence electrons. The Morgan fingerprint density at radius 1 is 1.39 bits per heavy atom.